The molecule has 2 rings (SSSR count). The predicted octanol–water partition coefficient (Wildman–Crippen LogP) is 3.26. The quantitative estimate of drug-likeness (QED) is 0.596. The predicted molar refractivity (Wildman–Crippen MR) is 92.9 cm³/mol. The van der Waals surface area contributed by atoms with Crippen molar-refractivity contribution in [2.24, 2.45) is 0 Å². The summed E-state index contributed by atoms with van der Waals surface area (Å²) in [6.45, 7) is 0.374. The maximum absolute atomic E-state index is 12.1. The Labute approximate surface area is 137 Å². The van der Waals surface area contributed by atoms with E-state index in [0.717, 1.165) is 17.4 Å². The lowest BCUT2D eigenvalue weighted by Crippen LogP contribution is -2.23. The van der Waals surface area contributed by atoms with Gasteiger partial charge in [0.05, 0.1) is 6.26 Å². The molecule has 0 fully saturated rings. The lowest BCUT2D eigenvalue weighted by molar-refractivity contribution is 0.0979. The van der Waals surface area contributed by atoms with Crippen molar-refractivity contribution in [1.82, 2.24) is 4.72 Å². The summed E-state index contributed by atoms with van der Waals surface area (Å²) in [5.41, 5.74) is 2.90. The normalized spacial score (nSPS) is 11.3. The minimum absolute atomic E-state index is 0.0870. The SMILES string of the molecule is CS(=O)(=O)NCCCCC(=O)c1ccc(-c2ccccc2)cc1. The molecule has 0 spiro atoms. The number of Topliss-reactive ketones (excluding diaryl/α,β-unsaturated/α-hetero) is 1. The molecule has 0 heterocycles. The summed E-state index contributed by atoms with van der Waals surface area (Å²) in [6.07, 6.45) is 2.88. The fourth-order valence-corrected chi connectivity index (χ4v) is 2.81. The summed E-state index contributed by atoms with van der Waals surface area (Å²) in [5.74, 6) is 0.0870. The molecule has 4 nitrogen and oxygen atoms in total. The molecule has 122 valence electrons. The van der Waals surface area contributed by atoms with Crippen molar-refractivity contribution < 1.29 is 13.2 Å². The van der Waals surface area contributed by atoms with E-state index in [1.165, 1.54) is 0 Å². The Bertz CT molecular complexity index is 738. The second-order valence-electron chi connectivity index (χ2n) is 5.49. The molecular weight excluding hydrogens is 310 g/mol. The highest BCUT2D eigenvalue weighted by atomic mass is 32.2. The number of unbranched alkanes of at least 4 members (excludes halogenated alkanes) is 1. The molecule has 0 aliphatic rings. The third kappa shape index (κ3) is 5.96. The van der Waals surface area contributed by atoms with E-state index >= 15 is 0 Å². The van der Waals surface area contributed by atoms with Gasteiger partial charge < -0.3 is 0 Å². The average Bonchev–Trinajstić information content (AvgIpc) is 2.54. The topological polar surface area (TPSA) is 63.2 Å². The van der Waals surface area contributed by atoms with Gasteiger partial charge in [0.25, 0.3) is 0 Å². The lowest BCUT2D eigenvalue weighted by atomic mass is 10.0. The minimum atomic E-state index is -3.14. The van der Waals surface area contributed by atoms with Gasteiger partial charge in [0.1, 0.15) is 0 Å². The van der Waals surface area contributed by atoms with Gasteiger partial charge in [-0.25, -0.2) is 13.1 Å². The van der Waals surface area contributed by atoms with Crippen molar-refractivity contribution in [3.63, 3.8) is 0 Å². The molecule has 0 aliphatic heterocycles. The maximum Gasteiger partial charge on any atom is 0.208 e. The smallest absolute Gasteiger partial charge is 0.208 e. The van der Waals surface area contributed by atoms with Crippen LogP contribution >= 0.6 is 0 Å². The van der Waals surface area contributed by atoms with Crippen LogP contribution in [0.4, 0.5) is 0 Å². The molecule has 0 bridgehead atoms. The van der Waals surface area contributed by atoms with Crippen molar-refractivity contribution in [1.29, 1.82) is 0 Å². The van der Waals surface area contributed by atoms with Gasteiger partial charge >= 0.3 is 0 Å². The number of ketones is 1. The fourth-order valence-electron chi connectivity index (χ4n) is 2.29. The Hall–Kier alpha value is -1.98. The van der Waals surface area contributed by atoms with Crippen molar-refractivity contribution in [3.8, 4) is 11.1 Å². The number of carbonyl (C=O) groups excluding carboxylic acids is 1. The zero-order valence-corrected chi connectivity index (χ0v) is 14.0. The van der Waals surface area contributed by atoms with Crippen LogP contribution in [0.5, 0.6) is 0 Å². The van der Waals surface area contributed by atoms with Crippen LogP contribution in [0.15, 0.2) is 54.6 Å². The minimum Gasteiger partial charge on any atom is -0.294 e. The van der Waals surface area contributed by atoms with Crippen molar-refractivity contribution in [2.45, 2.75) is 19.3 Å². The Morgan fingerprint density at radius 2 is 1.52 bits per heavy atom. The Morgan fingerprint density at radius 3 is 2.13 bits per heavy atom. The molecular formula is C18H21NO3S. The summed E-state index contributed by atoms with van der Waals surface area (Å²) in [5, 5.41) is 0. The lowest BCUT2D eigenvalue weighted by Gasteiger charge is -2.05. The van der Waals surface area contributed by atoms with E-state index in [2.05, 4.69) is 4.72 Å². The highest BCUT2D eigenvalue weighted by Gasteiger charge is 2.06. The summed E-state index contributed by atoms with van der Waals surface area (Å²) in [4.78, 5) is 12.1. The zero-order chi connectivity index (χ0) is 16.7. The number of nitrogens with one attached hydrogen (secondary N) is 1. The highest BCUT2D eigenvalue weighted by Crippen LogP contribution is 2.20. The van der Waals surface area contributed by atoms with Crippen LogP contribution in [0, 0.1) is 0 Å². The van der Waals surface area contributed by atoms with Crippen LogP contribution in [0.1, 0.15) is 29.6 Å². The van der Waals surface area contributed by atoms with Crippen LogP contribution < -0.4 is 4.72 Å². The van der Waals surface area contributed by atoms with E-state index < -0.39 is 10.0 Å². The Kier molecular flexibility index (Phi) is 6.07. The zero-order valence-electron chi connectivity index (χ0n) is 13.2. The first kappa shape index (κ1) is 17.4. The van der Waals surface area contributed by atoms with Crippen LogP contribution in [0.3, 0.4) is 0 Å². The van der Waals surface area contributed by atoms with E-state index in [0.29, 0.717) is 31.4 Å². The first-order valence-electron chi connectivity index (χ1n) is 7.59. The number of rotatable bonds is 8. The molecule has 0 atom stereocenters. The van der Waals surface area contributed by atoms with Gasteiger partial charge in [-0.3, -0.25) is 4.79 Å². The fraction of sp³-hybridized carbons (Fsp3) is 0.278. The van der Waals surface area contributed by atoms with Gasteiger partial charge in [0.15, 0.2) is 5.78 Å². The third-order valence-corrected chi connectivity index (χ3v) is 4.24. The molecule has 2 aromatic rings. The molecule has 0 unspecified atom stereocenters. The molecule has 5 heteroatoms. The largest absolute Gasteiger partial charge is 0.294 e. The number of hydrogen-bond donors (Lipinski definition) is 1. The number of hydrogen-bond acceptors (Lipinski definition) is 3. The van der Waals surface area contributed by atoms with E-state index in [4.69, 9.17) is 0 Å². The highest BCUT2D eigenvalue weighted by molar-refractivity contribution is 7.88. The van der Waals surface area contributed by atoms with Crippen LogP contribution in [-0.2, 0) is 10.0 Å². The van der Waals surface area contributed by atoms with E-state index in [1.807, 2.05) is 54.6 Å². The summed E-state index contributed by atoms with van der Waals surface area (Å²) in [6, 6.07) is 17.6. The van der Waals surface area contributed by atoms with Crippen molar-refractivity contribution in [2.75, 3.05) is 12.8 Å². The summed E-state index contributed by atoms with van der Waals surface area (Å²) in [7, 11) is -3.14. The first-order valence-corrected chi connectivity index (χ1v) is 9.48. The monoisotopic (exact) mass is 331 g/mol. The molecule has 0 aliphatic carbocycles. The molecule has 0 aromatic heterocycles. The second-order valence-corrected chi connectivity index (χ2v) is 7.32. The second kappa shape index (κ2) is 8.04. The molecule has 1 N–H and O–H groups in total. The van der Waals surface area contributed by atoms with Gasteiger partial charge in [-0.1, -0.05) is 54.6 Å². The van der Waals surface area contributed by atoms with Crippen molar-refractivity contribution >= 4 is 15.8 Å². The number of benzene rings is 2. The van der Waals surface area contributed by atoms with Gasteiger partial charge in [-0.2, -0.15) is 0 Å². The molecule has 0 saturated carbocycles. The molecule has 0 amide bonds. The molecule has 0 radical (unpaired) electrons. The number of carbonyl (C=O) groups is 1. The van der Waals surface area contributed by atoms with E-state index in [-0.39, 0.29) is 5.78 Å². The molecule has 0 saturated heterocycles. The van der Waals surface area contributed by atoms with Gasteiger partial charge in [-0.15, -0.1) is 0 Å². The molecule has 23 heavy (non-hydrogen) atoms. The van der Waals surface area contributed by atoms with Crippen molar-refractivity contribution in [3.05, 3.63) is 60.2 Å². The summed E-state index contributed by atoms with van der Waals surface area (Å²) < 4.78 is 24.3. The average molecular weight is 331 g/mol. The third-order valence-electron chi connectivity index (χ3n) is 3.51. The first-order chi connectivity index (χ1) is 11.0. The Morgan fingerprint density at radius 1 is 0.913 bits per heavy atom. The Balaban J connectivity index is 1.84. The summed E-state index contributed by atoms with van der Waals surface area (Å²) >= 11 is 0. The number of sulfonamides is 1. The maximum atomic E-state index is 12.1. The van der Waals surface area contributed by atoms with Crippen LogP contribution in [0.2, 0.25) is 0 Å². The van der Waals surface area contributed by atoms with Gasteiger partial charge in [0.2, 0.25) is 10.0 Å². The van der Waals surface area contributed by atoms with E-state index in [9.17, 15) is 13.2 Å². The van der Waals surface area contributed by atoms with E-state index in [1.54, 1.807) is 0 Å². The molecule has 2 aromatic carbocycles. The van der Waals surface area contributed by atoms with Gasteiger partial charge in [-0.05, 0) is 24.0 Å². The van der Waals surface area contributed by atoms with Crippen LogP contribution in [0.25, 0.3) is 11.1 Å². The van der Waals surface area contributed by atoms with Gasteiger partial charge in [0, 0.05) is 18.5 Å². The standard InChI is InChI=1S/C18H21NO3S/c1-23(21,22)19-14-6-5-9-18(20)17-12-10-16(11-13-17)15-7-3-2-4-8-15/h2-4,7-8,10-13,19H,5-6,9,14H2,1H3. The van der Waals surface area contributed by atoms with Crippen LogP contribution in [-0.4, -0.2) is 27.0 Å².